The molecular weight excluding hydrogens is 318 g/mol. The smallest absolute Gasteiger partial charge is 0.408 e. The molecule has 25 heavy (non-hydrogen) atoms. The summed E-state index contributed by atoms with van der Waals surface area (Å²) in [7, 11) is 1.70. The van der Waals surface area contributed by atoms with Crippen molar-refractivity contribution >= 4 is 12.0 Å². The third-order valence-electron chi connectivity index (χ3n) is 3.63. The highest BCUT2D eigenvalue weighted by Crippen LogP contribution is 2.11. The molecule has 1 unspecified atom stereocenters. The van der Waals surface area contributed by atoms with E-state index in [1.807, 2.05) is 13.8 Å². The van der Waals surface area contributed by atoms with Gasteiger partial charge in [0, 0.05) is 19.5 Å². The molecule has 1 N–H and O–H groups in total. The van der Waals surface area contributed by atoms with Crippen LogP contribution >= 0.6 is 0 Å². The first kappa shape index (κ1) is 20.5. The minimum Gasteiger partial charge on any atom is -0.444 e. The zero-order chi connectivity index (χ0) is 19.2. The number of nitrogens with zero attached hydrogens (tertiary/aromatic N) is 2. The Hall–Kier alpha value is -2.55. The number of rotatable bonds is 5. The number of carbonyl (C=O) groups is 2. The van der Waals surface area contributed by atoms with Gasteiger partial charge in [-0.25, -0.2) is 4.79 Å². The van der Waals surface area contributed by atoms with Gasteiger partial charge in [0.25, 0.3) is 0 Å². The van der Waals surface area contributed by atoms with Gasteiger partial charge in [0.2, 0.25) is 5.91 Å². The monoisotopic (exact) mass is 345 g/mol. The zero-order valence-electron chi connectivity index (χ0n) is 15.8. The highest BCUT2D eigenvalue weighted by Gasteiger charge is 2.27. The average Bonchev–Trinajstić information content (AvgIpc) is 2.51. The minimum absolute atomic E-state index is 0.0106. The summed E-state index contributed by atoms with van der Waals surface area (Å²) < 4.78 is 5.27. The van der Waals surface area contributed by atoms with Crippen LogP contribution in [0.15, 0.2) is 24.3 Å². The van der Waals surface area contributed by atoms with E-state index in [0.29, 0.717) is 12.0 Å². The molecule has 1 aromatic carbocycles. The van der Waals surface area contributed by atoms with Crippen LogP contribution in [0.1, 0.15) is 45.7 Å². The van der Waals surface area contributed by atoms with Crippen molar-refractivity contribution in [2.24, 2.45) is 0 Å². The zero-order valence-corrected chi connectivity index (χ0v) is 15.8. The van der Waals surface area contributed by atoms with Crippen molar-refractivity contribution < 1.29 is 14.3 Å². The number of hydrogen-bond donors (Lipinski definition) is 1. The summed E-state index contributed by atoms with van der Waals surface area (Å²) in [5.74, 6) is -0.190. The second kappa shape index (κ2) is 8.52. The normalized spacial score (nSPS) is 12.2. The summed E-state index contributed by atoms with van der Waals surface area (Å²) in [4.78, 5) is 26.4. The molecule has 0 fully saturated rings. The number of benzene rings is 1. The van der Waals surface area contributed by atoms with Crippen LogP contribution in [-0.4, -0.2) is 41.6 Å². The van der Waals surface area contributed by atoms with Crippen molar-refractivity contribution in [3.8, 4) is 6.07 Å². The maximum absolute atomic E-state index is 12.7. The molecule has 0 saturated heterocycles. The summed E-state index contributed by atoms with van der Waals surface area (Å²) in [5, 5.41) is 11.5. The third kappa shape index (κ3) is 6.84. The van der Waals surface area contributed by atoms with Gasteiger partial charge in [-0.15, -0.1) is 0 Å². The van der Waals surface area contributed by atoms with Crippen LogP contribution < -0.4 is 5.32 Å². The van der Waals surface area contributed by atoms with E-state index in [0.717, 1.165) is 5.56 Å². The number of nitrogens with one attached hydrogen (secondary N) is 1. The Bertz CT molecular complexity index is 639. The largest absolute Gasteiger partial charge is 0.444 e. The summed E-state index contributed by atoms with van der Waals surface area (Å²) in [6, 6.07) is 8.27. The molecule has 6 nitrogen and oxygen atoms in total. The third-order valence-corrected chi connectivity index (χ3v) is 3.63. The van der Waals surface area contributed by atoms with E-state index in [1.54, 1.807) is 57.0 Å². The van der Waals surface area contributed by atoms with Crippen LogP contribution in [0.25, 0.3) is 0 Å². The van der Waals surface area contributed by atoms with Gasteiger partial charge in [-0.1, -0.05) is 12.1 Å². The second-order valence-electron chi connectivity index (χ2n) is 7.25. The first-order chi connectivity index (χ1) is 11.5. The molecule has 0 aliphatic rings. The highest BCUT2D eigenvalue weighted by atomic mass is 16.6. The molecule has 0 spiro atoms. The van der Waals surface area contributed by atoms with Gasteiger partial charge in [-0.05, 0) is 52.3 Å². The fourth-order valence-corrected chi connectivity index (χ4v) is 2.10. The molecule has 1 rings (SSSR count). The lowest BCUT2D eigenvalue weighted by atomic mass is 10.0. The average molecular weight is 345 g/mol. The Labute approximate surface area is 149 Å². The van der Waals surface area contributed by atoms with Crippen LogP contribution in [0.3, 0.4) is 0 Å². The molecule has 1 atom stereocenters. The second-order valence-corrected chi connectivity index (χ2v) is 7.25. The number of nitriles is 1. The van der Waals surface area contributed by atoms with Gasteiger partial charge >= 0.3 is 6.09 Å². The maximum Gasteiger partial charge on any atom is 0.408 e. The van der Waals surface area contributed by atoms with Gasteiger partial charge in [0.05, 0.1) is 11.6 Å². The number of amides is 2. The molecule has 0 saturated carbocycles. The molecule has 136 valence electrons. The quantitative estimate of drug-likeness (QED) is 0.889. The van der Waals surface area contributed by atoms with Gasteiger partial charge in [-0.3, -0.25) is 4.79 Å². The van der Waals surface area contributed by atoms with Gasteiger partial charge in [0.1, 0.15) is 11.6 Å². The first-order valence-electron chi connectivity index (χ1n) is 8.28. The van der Waals surface area contributed by atoms with Gasteiger partial charge in [-0.2, -0.15) is 5.26 Å². The summed E-state index contributed by atoms with van der Waals surface area (Å²) in [6.45, 7) is 9.12. The minimum atomic E-state index is -0.741. The topological polar surface area (TPSA) is 82.4 Å². The summed E-state index contributed by atoms with van der Waals surface area (Å²) >= 11 is 0. The predicted molar refractivity (Wildman–Crippen MR) is 95.9 cm³/mol. The van der Waals surface area contributed by atoms with E-state index in [4.69, 9.17) is 10.00 Å². The molecule has 0 radical (unpaired) electrons. The predicted octanol–water partition coefficient (Wildman–Crippen LogP) is 2.86. The summed E-state index contributed by atoms with van der Waals surface area (Å²) in [5.41, 5.74) is 0.757. The van der Waals surface area contributed by atoms with Gasteiger partial charge < -0.3 is 15.0 Å². The molecule has 0 bridgehead atoms. The molecule has 0 aliphatic heterocycles. The van der Waals surface area contributed by atoms with Crippen LogP contribution in [0.4, 0.5) is 4.79 Å². The summed E-state index contributed by atoms with van der Waals surface area (Å²) in [6.07, 6.45) is -0.308. The number of ether oxygens (including phenoxy) is 1. The van der Waals surface area contributed by atoms with Crippen molar-refractivity contribution in [3.05, 3.63) is 35.4 Å². The van der Waals surface area contributed by atoms with Crippen molar-refractivity contribution in [2.45, 2.75) is 58.7 Å². The molecule has 6 heteroatoms. The van der Waals surface area contributed by atoms with Crippen LogP contribution in [0.2, 0.25) is 0 Å². The molecular formula is C19H27N3O3. The fourth-order valence-electron chi connectivity index (χ4n) is 2.10. The Morgan fingerprint density at radius 2 is 1.80 bits per heavy atom. The Kier molecular flexibility index (Phi) is 6.98. The van der Waals surface area contributed by atoms with Crippen LogP contribution in [0, 0.1) is 11.3 Å². The molecule has 1 aromatic rings. The van der Waals surface area contributed by atoms with Crippen molar-refractivity contribution in [3.63, 3.8) is 0 Å². The lowest BCUT2D eigenvalue weighted by molar-refractivity contribution is -0.133. The number of alkyl carbamates (subject to hydrolysis) is 1. The van der Waals surface area contributed by atoms with E-state index in [-0.39, 0.29) is 11.9 Å². The van der Waals surface area contributed by atoms with Crippen molar-refractivity contribution in [2.75, 3.05) is 7.05 Å². The molecule has 0 aromatic heterocycles. The molecule has 2 amide bonds. The van der Waals surface area contributed by atoms with Gasteiger partial charge in [0.15, 0.2) is 0 Å². The van der Waals surface area contributed by atoms with Crippen LogP contribution in [0.5, 0.6) is 0 Å². The van der Waals surface area contributed by atoms with Crippen molar-refractivity contribution in [1.29, 1.82) is 5.26 Å². The number of likely N-dealkylation sites (N-methyl/N-ethyl adjacent to an activating group) is 1. The van der Waals surface area contributed by atoms with E-state index in [2.05, 4.69) is 11.4 Å². The van der Waals surface area contributed by atoms with E-state index in [9.17, 15) is 9.59 Å². The standard InChI is InChI=1S/C19H27N3O3/c1-13(2)22(6)17(23)16(21-18(24)25-19(3,4)5)11-14-7-9-15(12-20)10-8-14/h7-10,13,16H,11H2,1-6H3,(H,21,24). The maximum atomic E-state index is 12.7. The fraction of sp³-hybridized carbons (Fsp3) is 0.526. The Balaban J connectivity index is 2.95. The SMILES string of the molecule is CC(C)N(C)C(=O)C(Cc1ccc(C#N)cc1)NC(=O)OC(C)(C)C. The Morgan fingerprint density at radius 3 is 2.24 bits per heavy atom. The lowest BCUT2D eigenvalue weighted by Gasteiger charge is -2.28. The first-order valence-corrected chi connectivity index (χ1v) is 8.28. The lowest BCUT2D eigenvalue weighted by Crippen LogP contribution is -2.51. The van der Waals surface area contributed by atoms with Crippen molar-refractivity contribution in [1.82, 2.24) is 10.2 Å². The Morgan fingerprint density at radius 1 is 1.24 bits per heavy atom. The number of carbonyl (C=O) groups excluding carboxylic acids is 2. The van der Waals surface area contributed by atoms with E-state index in [1.165, 1.54) is 0 Å². The molecule has 0 aliphatic carbocycles. The molecule has 0 heterocycles. The van der Waals surface area contributed by atoms with Crippen LogP contribution in [-0.2, 0) is 16.0 Å². The van der Waals surface area contributed by atoms with E-state index >= 15 is 0 Å². The van der Waals surface area contributed by atoms with E-state index < -0.39 is 17.7 Å². The highest BCUT2D eigenvalue weighted by molar-refractivity contribution is 5.86. The number of hydrogen-bond acceptors (Lipinski definition) is 4.